The summed E-state index contributed by atoms with van der Waals surface area (Å²) < 4.78 is 0. The second-order valence-electron chi connectivity index (χ2n) is 7.00. The Hall–Kier alpha value is -3.58. The summed E-state index contributed by atoms with van der Waals surface area (Å²) in [6, 6.07) is 35.7. The molecule has 1 nitrogen and oxygen atoms in total. The van der Waals surface area contributed by atoms with E-state index in [2.05, 4.69) is 85.4 Å². The molecule has 4 aromatic rings. The summed E-state index contributed by atoms with van der Waals surface area (Å²) in [5, 5.41) is 0. The van der Waals surface area contributed by atoms with Crippen LogP contribution < -0.4 is 5.73 Å². The van der Waals surface area contributed by atoms with Gasteiger partial charge in [-0.25, -0.2) is 0 Å². The molecule has 0 unspecified atom stereocenters. The highest BCUT2D eigenvalue weighted by Crippen LogP contribution is 2.28. The van der Waals surface area contributed by atoms with Crippen LogP contribution >= 0.6 is 0 Å². The molecule has 0 heterocycles. The van der Waals surface area contributed by atoms with Gasteiger partial charge in [0.1, 0.15) is 0 Å². The van der Waals surface area contributed by atoms with Crippen molar-refractivity contribution in [3.63, 3.8) is 0 Å². The number of hydrogen-bond donors (Lipinski definition) is 1. The van der Waals surface area contributed by atoms with Crippen LogP contribution in [0.1, 0.15) is 11.1 Å². The van der Waals surface area contributed by atoms with Crippen LogP contribution in [0.25, 0.3) is 27.8 Å². The first-order valence-electron chi connectivity index (χ1n) is 9.48. The van der Waals surface area contributed by atoms with E-state index in [0.717, 1.165) is 28.8 Å². The third-order valence-corrected chi connectivity index (χ3v) is 5.06. The Balaban J connectivity index is 1.57. The number of benzene rings is 4. The summed E-state index contributed by atoms with van der Waals surface area (Å²) in [7, 11) is 0. The minimum Gasteiger partial charge on any atom is -0.398 e. The van der Waals surface area contributed by atoms with Crippen molar-refractivity contribution in [3.05, 3.63) is 121 Å². The normalized spacial score (nSPS) is 10.6. The SMILES string of the molecule is C=C(Cc1ccccc1N)c1cccc(-c2ccc(-c3ccccc3)cc2)c1. The van der Waals surface area contributed by atoms with Crippen LogP contribution in [0.5, 0.6) is 0 Å². The second-order valence-corrected chi connectivity index (χ2v) is 7.00. The molecule has 0 fully saturated rings. The minimum absolute atomic E-state index is 0.753. The summed E-state index contributed by atoms with van der Waals surface area (Å²) in [6.07, 6.45) is 0.753. The summed E-state index contributed by atoms with van der Waals surface area (Å²) in [4.78, 5) is 0. The maximum Gasteiger partial charge on any atom is 0.0349 e. The molecule has 0 atom stereocenters. The van der Waals surface area contributed by atoms with Crippen molar-refractivity contribution in [2.75, 3.05) is 5.73 Å². The predicted octanol–water partition coefficient (Wildman–Crippen LogP) is 6.86. The van der Waals surface area contributed by atoms with Crippen LogP contribution in [-0.2, 0) is 6.42 Å². The van der Waals surface area contributed by atoms with E-state index in [1.165, 1.54) is 22.3 Å². The summed E-state index contributed by atoms with van der Waals surface area (Å²) >= 11 is 0. The topological polar surface area (TPSA) is 26.0 Å². The molecule has 0 aliphatic heterocycles. The molecule has 0 aromatic heterocycles. The van der Waals surface area contributed by atoms with Crippen molar-refractivity contribution in [1.29, 1.82) is 0 Å². The van der Waals surface area contributed by atoms with Gasteiger partial charge in [0, 0.05) is 5.69 Å². The Morgan fingerprint density at radius 2 is 1.18 bits per heavy atom. The number of anilines is 1. The van der Waals surface area contributed by atoms with Crippen LogP contribution in [0.4, 0.5) is 5.69 Å². The largest absolute Gasteiger partial charge is 0.398 e. The Morgan fingerprint density at radius 1 is 0.607 bits per heavy atom. The molecule has 0 aliphatic carbocycles. The summed E-state index contributed by atoms with van der Waals surface area (Å²) in [5.74, 6) is 0. The van der Waals surface area contributed by atoms with E-state index in [1.807, 2.05) is 24.3 Å². The van der Waals surface area contributed by atoms with Gasteiger partial charge in [0.25, 0.3) is 0 Å². The highest BCUT2D eigenvalue weighted by molar-refractivity contribution is 5.75. The minimum atomic E-state index is 0.753. The summed E-state index contributed by atoms with van der Waals surface area (Å²) in [5.41, 5.74) is 15.1. The molecule has 0 saturated carbocycles. The number of para-hydroxylation sites is 1. The lowest BCUT2D eigenvalue weighted by atomic mass is 9.95. The van der Waals surface area contributed by atoms with Crippen molar-refractivity contribution in [2.24, 2.45) is 0 Å². The Kier molecular flexibility index (Phi) is 5.07. The van der Waals surface area contributed by atoms with Crippen LogP contribution in [0.15, 0.2) is 110 Å². The number of nitrogen functional groups attached to an aromatic ring is 1. The predicted molar refractivity (Wildman–Crippen MR) is 121 cm³/mol. The Labute approximate surface area is 166 Å². The monoisotopic (exact) mass is 361 g/mol. The van der Waals surface area contributed by atoms with Crippen LogP contribution in [0, 0.1) is 0 Å². The van der Waals surface area contributed by atoms with Crippen LogP contribution in [0.2, 0.25) is 0 Å². The van der Waals surface area contributed by atoms with Gasteiger partial charge < -0.3 is 5.73 Å². The first-order chi connectivity index (χ1) is 13.7. The van der Waals surface area contributed by atoms with E-state index in [1.54, 1.807) is 0 Å². The molecular formula is C27H23N. The molecule has 0 aliphatic rings. The van der Waals surface area contributed by atoms with Crippen molar-refractivity contribution in [2.45, 2.75) is 6.42 Å². The van der Waals surface area contributed by atoms with Gasteiger partial charge in [-0.15, -0.1) is 0 Å². The highest BCUT2D eigenvalue weighted by Gasteiger charge is 2.06. The molecular weight excluding hydrogens is 338 g/mol. The number of allylic oxidation sites excluding steroid dienone is 1. The molecule has 0 amide bonds. The third kappa shape index (κ3) is 3.89. The number of nitrogens with two attached hydrogens (primary N) is 1. The third-order valence-electron chi connectivity index (χ3n) is 5.06. The molecule has 4 aromatic carbocycles. The van der Waals surface area contributed by atoms with Crippen molar-refractivity contribution < 1.29 is 0 Å². The second kappa shape index (κ2) is 7.98. The zero-order valence-corrected chi connectivity index (χ0v) is 15.8. The quantitative estimate of drug-likeness (QED) is 0.386. The average molecular weight is 361 g/mol. The standard InChI is InChI=1S/C27H23N/c1-20(18-26-10-5-6-13-27(26)28)24-11-7-12-25(19-24)23-16-14-22(15-17-23)21-8-3-2-4-9-21/h2-17,19H,1,18,28H2. The van der Waals surface area contributed by atoms with Gasteiger partial charge >= 0.3 is 0 Å². The van der Waals surface area contributed by atoms with E-state index in [-0.39, 0.29) is 0 Å². The van der Waals surface area contributed by atoms with E-state index in [4.69, 9.17) is 5.73 Å². The Morgan fingerprint density at radius 3 is 1.89 bits per heavy atom. The summed E-state index contributed by atoms with van der Waals surface area (Å²) in [6.45, 7) is 4.29. The Bertz CT molecular complexity index is 1090. The molecule has 0 bridgehead atoms. The fourth-order valence-corrected chi connectivity index (χ4v) is 3.43. The number of hydrogen-bond acceptors (Lipinski definition) is 1. The van der Waals surface area contributed by atoms with E-state index in [9.17, 15) is 0 Å². The maximum atomic E-state index is 6.09. The van der Waals surface area contributed by atoms with Gasteiger partial charge in [0.05, 0.1) is 0 Å². The molecule has 0 spiro atoms. The molecule has 0 radical (unpaired) electrons. The van der Waals surface area contributed by atoms with E-state index >= 15 is 0 Å². The van der Waals surface area contributed by atoms with E-state index in [0.29, 0.717) is 0 Å². The number of rotatable bonds is 5. The van der Waals surface area contributed by atoms with Gasteiger partial charge in [-0.1, -0.05) is 97.6 Å². The zero-order chi connectivity index (χ0) is 19.3. The molecule has 4 rings (SSSR count). The first kappa shape index (κ1) is 17.8. The highest BCUT2D eigenvalue weighted by atomic mass is 14.6. The van der Waals surface area contributed by atoms with Gasteiger partial charge in [0.2, 0.25) is 0 Å². The van der Waals surface area contributed by atoms with Crippen LogP contribution in [-0.4, -0.2) is 0 Å². The lowest BCUT2D eigenvalue weighted by Crippen LogP contribution is -1.96. The molecule has 2 N–H and O–H groups in total. The first-order valence-corrected chi connectivity index (χ1v) is 9.48. The van der Waals surface area contributed by atoms with Crippen molar-refractivity contribution in [1.82, 2.24) is 0 Å². The van der Waals surface area contributed by atoms with Gasteiger partial charge in [0.15, 0.2) is 0 Å². The van der Waals surface area contributed by atoms with E-state index < -0.39 is 0 Å². The average Bonchev–Trinajstić information content (AvgIpc) is 2.76. The fourth-order valence-electron chi connectivity index (χ4n) is 3.43. The molecule has 28 heavy (non-hydrogen) atoms. The molecule has 1 heteroatoms. The fraction of sp³-hybridized carbons (Fsp3) is 0.0370. The lowest BCUT2D eigenvalue weighted by Gasteiger charge is -2.11. The van der Waals surface area contributed by atoms with Gasteiger partial charge in [-0.05, 0) is 57.5 Å². The zero-order valence-electron chi connectivity index (χ0n) is 15.8. The van der Waals surface area contributed by atoms with Gasteiger partial charge in [-0.2, -0.15) is 0 Å². The van der Waals surface area contributed by atoms with Gasteiger partial charge in [-0.3, -0.25) is 0 Å². The molecule has 136 valence electrons. The molecule has 0 saturated heterocycles. The van der Waals surface area contributed by atoms with Crippen LogP contribution in [0.3, 0.4) is 0 Å². The van der Waals surface area contributed by atoms with Crippen molar-refractivity contribution >= 4 is 11.3 Å². The smallest absolute Gasteiger partial charge is 0.0349 e. The van der Waals surface area contributed by atoms with Crippen molar-refractivity contribution in [3.8, 4) is 22.3 Å². The lowest BCUT2D eigenvalue weighted by molar-refractivity contribution is 1.29. The maximum absolute atomic E-state index is 6.09.